The highest BCUT2D eigenvalue weighted by atomic mass is 16.1. The van der Waals surface area contributed by atoms with E-state index in [1.165, 1.54) is 24.0 Å². The lowest BCUT2D eigenvalue weighted by molar-refractivity contribution is 0.112. The molecule has 0 saturated heterocycles. The second kappa shape index (κ2) is 4.40. The van der Waals surface area contributed by atoms with Crippen LogP contribution < -0.4 is 0 Å². The first kappa shape index (κ1) is 11.4. The summed E-state index contributed by atoms with van der Waals surface area (Å²) in [5.41, 5.74) is 3.39. The van der Waals surface area contributed by atoms with Crippen LogP contribution in [0.15, 0.2) is 18.2 Å². The predicted octanol–water partition coefficient (Wildman–Crippen LogP) is 4.14. The van der Waals surface area contributed by atoms with E-state index in [2.05, 4.69) is 39.0 Å². The fourth-order valence-electron chi connectivity index (χ4n) is 2.49. The Morgan fingerprint density at radius 2 is 1.81 bits per heavy atom. The second-order valence-corrected chi connectivity index (χ2v) is 5.25. The first-order chi connectivity index (χ1) is 7.65. The number of aldehydes is 1. The highest BCUT2D eigenvalue weighted by Crippen LogP contribution is 2.43. The largest absolute Gasteiger partial charge is 0.298 e. The highest BCUT2D eigenvalue weighted by molar-refractivity contribution is 5.80. The Morgan fingerprint density at radius 3 is 2.31 bits per heavy atom. The van der Waals surface area contributed by atoms with Crippen LogP contribution in [0.25, 0.3) is 0 Å². The molecule has 0 aromatic heterocycles. The Kier molecular flexibility index (Phi) is 3.13. The quantitative estimate of drug-likeness (QED) is 0.691. The molecule has 1 aromatic carbocycles. The van der Waals surface area contributed by atoms with Crippen molar-refractivity contribution < 1.29 is 4.79 Å². The van der Waals surface area contributed by atoms with Gasteiger partial charge in [-0.3, -0.25) is 4.79 Å². The van der Waals surface area contributed by atoms with Crippen LogP contribution in [0.1, 0.15) is 66.9 Å². The Hall–Kier alpha value is -1.11. The van der Waals surface area contributed by atoms with Crippen LogP contribution in [-0.4, -0.2) is 6.29 Å². The van der Waals surface area contributed by atoms with Crippen molar-refractivity contribution in [3.63, 3.8) is 0 Å². The van der Waals surface area contributed by atoms with Crippen LogP contribution >= 0.6 is 0 Å². The fourth-order valence-corrected chi connectivity index (χ4v) is 2.49. The molecule has 1 saturated carbocycles. The Morgan fingerprint density at radius 1 is 1.19 bits per heavy atom. The van der Waals surface area contributed by atoms with Gasteiger partial charge in [0.05, 0.1) is 0 Å². The maximum Gasteiger partial charge on any atom is 0.150 e. The van der Waals surface area contributed by atoms with Crippen LogP contribution in [0.3, 0.4) is 0 Å². The lowest BCUT2D eigenvalue weighted by Gasteiger charge is -2.17. The fraction of sp³-hybridized carbons (Fsp3) is 0.533. The molecule has 1 atom stereocenters. The third kappa shape index (κ3) is 2.04. The van der Waals surface area contributed by atoms with Gasteiger partial charge in [-0.1, -0.05) is 39.0 Å². The molecule has 0 unspecified atom stereocenters. The topological polar surface area (TPSA) is 17.1 Å². The summed E-state index contributed by atoms with van der Waals surface area (Å²) in [6, 6.07) is 6.30. The van der Waals surface area contributed by atoms with Crippen LogP contribution in [0, 0.1) is 5.92 Å². The number of hydrogen-bond acceptors (Lipinski definition) is 1. The molecular weight excluding hydrogens is 196 g/mol. The Bertz CT molecular complexity index is 388. The van der Waals surface area contributed by atoms with Gasteiger partial charge < -0.3 is 0 Å². The van der Waals surface area contributed by atoms with E-state index in [9.17, 15) is 4.79 Å². The van der Waals surface area contributed by atoms with Crippen LogP contribution in [-0.2, 0) is 0 Å². The van der Waals surface area contributed by atoms with E-state index < -0.39 is 0 Å². The Labute approximate surface area is 97.9 Å². The summed E-state index contributed by atoms with van der Waals surface area (Å²) in [5, 5.41) is 0. The molecule has 0 heterocycles. The summed E-state index contributed by atoms with van der Waals surface area (Å²) in [4.78, 5) is 11.3. The zero-order valence-corrected chi connectivity index (χ0v) is 10.4. The van der Waals surface area contributed by atoms with Gasteiger partial charge in [0.15, 0.2) is 6.29 Å². The number of carbonyl (C=O) groups excluding carboxylic acids is 1. The third-order valence-electron chi connectivity index (χ3n) is 3.73. The molecule has 0 N–H and O–H groups in total. The molecule has 16 heavy (non-hydrogen) atoms. The molecule has 1 nitrogen and oxygen atoms in total. The molecule has 0 amide bonds. The highest BCUT2D eigenvalue weighted by Gasteiger charge is 2.30. The SMILES string of the molecule is CC(C)c1cccc([C@@H](C)C2CC2)c1C=O. The van der Waals surface area contributed by atoms with E-state index in [1.54, 1.807) is 0 Å². The average molecular weight is 216 g/mol. The maximum atomic E-state index is 11.3. The van der Waals surface area contributed by atoms with Gasteiger partial charge in [-0.05, 0) is 41.7 Å². The van der Waals surface area contributed by atoms with E-state index in [1.807, 2.05) is 0 Å². The zero-order chi connectivity index (χ0) is 11.7. The molecule has 1 aliphatic rings. The lowest BCUT2D eigenvalue weighted by Crippen LogP contribution is -2.05. The van der Waals surface area contributed by atoms with Crippen molar-refractivity contribution >= 4 is 6.29 Å². The van der Waals surface area contributed by atoms with Gasteiger partial charge in [-0.15, -0.1) is 0 Å². The first-order valence-corrected chi connectivity index (χ1v) is 6.23. The van der Waals surface area contributed by atoms with Crippen molar-refractivity contribution in [2.75, 3.05) is 0 Å². The second-order valence-electron chi connectivity index (χ2n) is 5.25. The third-order valence-corrected chi connectivity index (χ3v) is 3.73. The Balaban J connectivity index is 2.43. The maximum absolute atomic E-state index is 11.3. The lowest BCUT2D eigenvalue weighted by atomic mass is 9.87. The van der Waals surface area contributed by atoms with Crippen LogP contribution in [0.4, 0.5) is 0 Å². The molecule has 1 heteroatoms. The monoisotopic (exact) mass is 216 g/mol. The number of benzene rings is 1. The summed E-state index contributed by atoms with van der Waals surface area (Å²) < 4.78 is 0. The summed E-state index contributed by atoms with van der Waals surface area (Å²) in [7, 11) is 0. The number of hydrogen-bond donors (Lipinski definition) is 0. The van der Waals surface area contributed by atoms with Gasteiger partial charge in [0.25, 0.3) is 0 Å². The predicted molar refractivity (Wildman–Crippen MR) is 67.1 cm³/mol. The summed E-state index contributed by atoms with van der Waals surface area (Å²) in [6.45, 7) is 6.55. The normalized spacial score (nSPS) is 17.5. The van der Waals surface area contributed by atoms with Gasteiger partial charge in [0.2, 0.25) is 0 Å². The van der Waals surface area contributed by atoms with Gasteiger partial charge in [0, 0.05) is 5.56 Å². The minimum Gasteiger partial charge on any atom is -0.298 e. The van der Waals surface area contributed by atoms with E-state index in [4.69, 9.17) is 0 Å². The van der Waals surface area contributed by atoms with Crippen molar-refractivity contribution in [2.24, 2.45) is 5.92 Å². The molecule has 1 aliphatic carbocycles. The zero-order valence-electron chi connectivity index (χ0n) is 10.4. The molecule has 86 valence electrons. The standard InChI is InChI=1S/C15H20O/c1-10(2)13-5-4-6-14(15(13)9-16)11(3)12-7-8-12/h4-6,9-12H,7-8H2,1-3H3/t11-/m0/s1. The minimum absolute atomic E-state index is 0.423. The van der Waals surface area contributed by atoms with Gasteiger partial charge >= 0.3 is 0 Å². The minimum atomic E-state index is 0.423. The molecule has 1 aromatic rings. The van der Waals surface area contributed by atoms with Crippen LogP contribution in [0.2, 0.25) is 0 Å². The van der Waals surface area contributed by atoms with E-state index in [-0.39, 0.29) is 0 Å². The van der Waals surface area contributed by atoms with Crippen molar-refractivity contribution in [1.29, 1.82) is 0 Å². The molecule has 0 bridgehead atoms. The first-order valence-electron chi connectivity index (χ1n) is 6.23. The van der Waals surface area contributed by atoms with Crippen LogP contribution in [0.5, 0.6) is 0 Å². The van der Waals surface area contributed by atoms with Crippen molar-refractivity contribution in [3.05, 3.63) is 34.9 Å². The smallest absolute Gasteiger partial charge is 0.150 e. The van der Waals surface area contributed by atoms with Crippen molar-refractivity contribution in [2.45, 2.75) is 45.4 Å². The molecule has 2 rings (SSSR count). The summed E-state index contributed by atoms with van der Waals surface area (Å²) in [5.74, 6) is 1.77. The van der Waals surface area contributed by atoms with Gasteiger partial charge in [-0.2, -0.15) is 0 Å². The van der Waals surface area contributed by atoms with Gasteiger partial charge in [0.1, 0.15) is 0 Å². The van der Waals surface area contributed by atoms with E-state index >= 15 is 0 Å². The van der Waals surface area contributed by atoms with Gasteiger partial charge in [-0.25, -0.2) is 0 Å². The summed E-state index contributed by atoms with van der Waals surface area (Å²) in [6.07, 6.45) is 3.69. The van der Waals surface area contributed by atoms with Crippen molar-refractivity contribution in [1.82, 2.24) is 0 Å². The molecule has 0 spiro atoms. The summed E-state index contributed by atoms with van der Waals surface area (Å²) >= 11 is 0. The van der Waals surface area contributed by atoms with Crippen molar-refractivity contribution in [3.8, 4) is 0 Å². The molecule has 0 aliphatic heterocycles. The molecular formula is C15H20O. The average Bonchev–Trinajstić information content (AvgIpc) is 3.10. The van der Waals surface area contributed by atoms with E-state index in [0.29, 0.717) is 11.8 Å². The molecule has 0 radical (unpaired) electrons. The molecule has 1 fully saturated rings. The number of rotatable bonds is 4. The van der Waals surface area contributed by atoms with E-state index in [0.717, 1.165) is 17.8 Å². The number of carbonyl (C=O) groups is 1.